The van der Waals surface area contributed by atoms with Gasteiger partial charge in [-0.15, -0.1) is 17.5 Å². The summed E-state index contributed by atoms with van der Waals surface area (Å²) in [5, 5.41) is 11.0. The average molecular weight is 393 g/mol. The van der Waals surface area contributed by atoms with E-state index in [1.807, 2.05) is 14.0 Å². The van der Waals surface area contributed by atoms with Crippen molar-refractivity contribution in [2.75, 3.05) is 20.1 Å². The number of nitrogens with one attached hydrogen (secondary N) is 2. The first-order valence-electron chi connectivity index (χ1n) is 7.41. The second-order valence-corrected chi connectivity index (χ2v) is 5.71. The fourth-order valence-electron chi connectivity index (χ4n) is 2.09. The minimum absolute atomic E-state index is 0. The topological polar surface area (TPSA) is 71.8 Å². The number of hydrogen-bond donors (Lipinski definition) is 2. The van der Waals surface area contributed by atoms with Gasteiger partial charge in [0.15, 0.2) is 0 Å². The largest absolute Gasteiger partial charge is 0.349 e. The molecule has 132 valence electrons. The SMILES string of the molecule is CCc1nc(C(=O)NCCCNC)nn1-c1c(Cl)cccc1Cl.Cl. The van der Waals surface area contributed by atoms with Gasteiger partial charge in [-0.05, 0) is 32.1 Å². The molecule has 2 aromatic rings. The van der Waals surface area contributed by atoms with Crippen molar-refractivity contribution in [3.05, 3.63) is 39.9 Å². The van der Waals surface area contributed by atoms with Crippen molar-refractivity contribution in [2.24, 2.45) is 0 Å². The van der Waals surface area contributed by atoms with Crippen LogP contribution in [0.15, 0.2) is 18.2 Å². The van der Waals surface area contributed by atoms with Gasteiger partial charge in [-0.3, -0.25) is 4.79 Å². The molecule has 6 nitrogen and oxygen atoms in total. The molecule has 2 N–H and O–H groups in total. The summed E-state index contributed by atoms with van der Waals surface area (Å²) in [4.78, 5) is 16.4. The minimum atomic E-state index is -0.308. The van der Waals surface area contributed by atoms with Crippen LogP contribution in [0.2, 0.25) is 10.0 Å². The Hall–Kier alpha value is -1.34. The highest BCUT2D eigenvalue weighted by atomic mass is 35.5. The number of benzene rings is 1. The van der Waals surface area contributed by atoms with E-state index < -0.39 is 0 Å². The van der Waals surface area contributed by atoms with Crippen LogP contribution >= 0.6 is 35.6 Å². The predicted molar refractivity (Wildman–Crippen MR) is 98.9 cm³/mol. The van der Waals surface area contributed by atoms with E-state index in [4.69, 9.17) is 23.2 Å². The zero-order valence-corrected chi connectivity index (χ0v) is 15.8. The molecule has 0 unspecified atom stereocenters. The third-order valence-electron chi connectivity index (χ3n) is 3.23. The van der Waals surface area contributed by atoms with Gasteiger partial charge in [0.05, 0.1) is 10.0 Å². The van der Waals surface area contributed by atoms with Crippen molar-refractivity contribution in [3.63, 3.8) is 0 Å². The Labute approximate surface area is 157 Å². The summed E-state index contributed by atoms with van der Waals surface area (Å²) in [7, 11) is 1.87. The predicted octanol–water partition coefficient (Wildman–Crippen LogP) is 2.90. The van der Waals surface area contributed by atoms with Gasteiger partial charge in [-0.25, -0.2) is 9.67 Å². The zero-order valence-electron chi connectivity index (χ0n) is 13.5. The molecule has 0 bridgehead atoms. The van der Waals surface area contributed by atoms with E-state index in [-0.39, 0.29) is 24.1 Å². The number of carbonyl (C=O) groups is 1. The number of aromatic nitrogens is 3. The molecule has 1 amide bonds. The Bertz CT molecular complexity index is 669. The molecule has 0 saturated carbocycles. The number of aryl methyl sites for hydroxylation is 1. The van der Waals surface area contributed by atoms with Gasteiger partial charge in [0.2, 0.25) is 5.82 Å². The van der Waals surface area contributed by atoms with E-state index in [1.165, 1.54) is 4.68 Å². The molecule has 1 heterocycles. The van der Waals surface area contributed by atoms with Gasteiger partial charge in [0.1, 0.15) is 11.5 Å². The van der Waals surface area contributed by atoms with E-state index in [1.54, 1.807) is 18.2 Å². The average Bonchev–Trinajstić information content (AvgIpc) is 2.95. The normalized spacial score (nSPS) is 10.3. The standard InChI is InChI=1S/C15H19Cl2N5O.ClH/c1-3-12-20-14(15(23)19-9-5-8-18-2)21-22(12)13-10(16)6-4-7-11(13)17;/h4,6-7,18H,3,5,8-9H2,1-2H3,(H,19,23);1H. The Morgan fingerprint density at radius 1 is 1.25 bits per heavy atom. The molecule has 0 aliphatic rings. The maximum atomic E-state index is 12.2. The number of nitrogens with zero attached hydrogens (tertiary/aromatic N) is 3. The van der Waals surface area contributed by atoms with E-state index in [0.29, 0.717) is 34.5 Å². The van der Waals surface area contributed by atoms with E-state index in [9.17, 15) is 4.79 Å². The van der Waals surface area contributed by atoms with Crippen molar-refractivity contribution in [1.82, 2.24) is 25.4 Å². The van der Waals surface area contributed by atoms with Crippen LogP contribution in [0, 0.1) is 0 Å². The Balaban J connectivity index is 0.00000288. The van der Waals surface area contributed by atoms with Crippen molar-refractivity contribution >= 4 is 41.5 Å². The van der Waals surface area contributed by atoms with E-state index >= 15 is 0 Å². The van der Waals surface area contributed by atoms with Crippen LogP contribution in [-0.2, 0) is 6.42 Å². The third-order valence-corrected chi connectivity index (χ3v) is 3.84. The van der Waals surface area contributed by atoms with Crippen LogP contribution in [0.5, 0.6) is 0 Å². The van der Waals surface area contributed by atoms with Gasteiger partial charge in [0.25, 0.3) is 5.91 Å². The van der Waals surface area contributed by atoms with Crippen LogP contribution in [0.3, 0.4) is 0 Å². The maximum Gasteiger partial charge on any atom is 0.290 e. The summed E-state index contributed by atoms with van der Waals surface area (Å²) in [6.45, 7) is 3.32. The molecule has 0 fully saturated rings. The van der Waals surface area contributed by atoms with Crippen molar-refractivity contribution in [1.29, 1.82) is 0 Å². The highest BCUT2D eigenvalue weighted by Crippen LogP contribution is 2.28. The molecule has 2 rings (SSSR count). The molecule has 0 aliphatic heterocycles. The first-order valence-corrected chi connectivity index (χ1v) is 8.17. The smallest absolute Gasteiger partial charge is 0.290 e. The number of rotatable bonds is 7. The summed E-state index contributed by atoms with van der Waals surface area (Å²) in [5.41, 5.74) is 0.536. The fraction of sp³-hybridized carbons (Fsp3) is 0.400. The maximum absolute atomic E-state index is 12.2. The Kier molecular flexibility index (Phi) is 8.48. The summed E-state index contributed by atoms with van der Waals surface area (Å²) in [5.74, 6) is 0.431. The van der Waals surface area contributed by atoms with Crippen LogP contribution < -0.4 is 10.6 Å². The van der Waals surface area contributed by atoms with Gasteiger partial charge >= 0.3 is 0 Å². The van der Waals surface area contributed by atoms with Crippen LogP contribution in [0.1, 0.15) is 29.8 Å². The highest BCUT2D eigenvalue weighted by Gasteiger charge is 2.19. The second kappa shape index (κ2) is 9.84. The lowest BCUT2D eigenvalue weighted by molar-refractivity contribution is 0.0943. The number of amides is 1. The van der Waals surface area contributed by atoms with Crippen LogP contribution in [0.4, 0.5) is 0 Å². The summed E-state index contributed by atoms with van der Waals surface area (Å²) >= 11 is 12.4. The first kappa shape index (κ1) is 20.7. The number of hydrogen-bond acceptors (Lipinski definition) is 4. The fourth-order valence-corrected chi connectivity index (χ4v) is 2.64. The van der Waals surface area contributed by atoms with Crippen molar-refractivity contribution in [3.8, 4) is 5.69 Å². The van der Waals surface area contributed by atoms with Gasteiger partial charge in [-0.2, -0.15) is 0 Å². The number of carbonyl (C=O) groups excluding carboxylic acids is 1. The number of halogens is 3. The molecular formula is C15H20Cl3N5O. The lowest BCUT2D eigenvalue weighted by Crippen LogP contribution is -2.27. The Morgan fingerprint density at radius 2 is 1.92 bits per heavy atom. The zero-order chi connectivity index (χ0) is 16.8. The molecule has 0 atom stereocenters. The molecule has 0 saturated heterocycles. The molecule has 0 radical (unpaired) electrons. The van der Waals surface area contributed by atoms with Gasteiger partial charge in [0, 0.05) is 13.0 Å². The Morgan fingerprint density at radius 3 is 2.50 bits per heavy atom. The quantitative estimate of drug-likeness (QED) is 0.711. The summed E-state index contributed by atoms with van der Waals surface area (Å²) < 4.78 is 1.53. The van der Waals surface area contributed by atoms with Crippen molar-refractivity contribution in [2.45, 2.75) is 19.8 Å². The van der Waals surface area contributed by atoms with Crippen molar-refractivity contribution < 1.29 is 4.79 Å². The van der Waals surface area contributed by atoms with Gasteiger partial charge in [-0.1, -0.05) is 36.2 Å². The third kappa shape index (κ3) is 4.83. The molecule has 9 heteroatoms. The summed E-state index contributed by atoms with van der Waals surface area (Å²) in [6.07, 6.45) is 1.43. The lowest BCUT2D eigenvalue weighted by atomic mass is 10.3. The second-order valence-electron chi connectivity index (χ2n) is 4.90. The molecular weight excluding hydrogens is 373 g/mol. The molecule has 1 aromatic heterocycles. The lowest BCUT2D eigenvalue weighted by Gasteiger charge is -2.08. The minimum Gasteiger partial charge on any atom is -0.349 e. The number of para-hydroxylation sites is 1. The molecule has 0 spiro atoms. The first-order chi connectivity index (χ1) is 11.1. The van der Waals surface area contributed by atoms with E-state index in [0.717, 1.165) is 13.0 Å². The molecule has 0 aliphatic carbocycles. The monoisotopic (exact) mass is 391 g/mol. The van der Waals surface area contributed by atoms with Gasteiger partial charge < -0.3 is 10.6 Å². The van der Waals surface area contributed by atoms with E-state index in [2.05, 4.69) is 20.7 Å². The van der Waals surface area contributed by atoms with Crippen LogP contribution in [0.25, 0.3) is 5.69 Å². The van der Waals surface area contributed by atoms with Crippen LogP contribution in [-0.4, -0.2) is 40.8 Å². The molecule has 24 heavy (non-hydrogen) atoms. The molecule has 1 aromatic carbocycles. The summed E-state index contributed by atoms with van der Waals surface area (Å²) in [6, 6.07) is 5.20. The highest BCUT2D eigenvalue weighted by molar-refractivity contribution is 6.37.